The third-order valence-corrected chi connectivity index (χ3v) is 7.15. The molecular weight excluding hydrogens is 400 g/mol. The standard InChI is InChI=1S/C8H18O11S4/c9-20(10,11)5-1-3-7-22(15,16)19-23(17,18)8-4-2-6-21(12,13)14/h1-8H2,(H,9,10,11)(H,12,13,14). The van der Waals surface area contributed by atoms with E-state index in [1.54, 1.807) is 0 Å². The van der Waals surface area contributed by atoms with Crippen molar-refractivity contribution in [3.05, 3.63) is 0 Å². The van der Waals surface area contributed by atoms with Gasteiger partial charge in [-0.25, -0.2) is 0 Å². The van der Waals surface area contributed by atoms with Crippen molar-refractivity contribution in [2.75, 3.05) is 23.0 Å². The zero-order valence-corrected chi connectivity index (χ0v) is 15.1. The molecule has 0 aromatic heterocycles. The van der Waals surface area contributed by atoms with Crippen LogP contribution in [-0.2, 0) is 44.1 Å². The van der Waals surface area contributed by atoms with Crippen LogP contribution in [0.15, 0.2) is 0 Å². The number of unbranched alkanes of at least 4 members (excludes halogenated alkanes) is 2. The highest BCUT2D eigenvalue weighted by atomic mass is 32.3. The van der Waals surface area contributed by atoms with Crippen molar-refractivity contribution >= 4 is 40.5 Å². The average molecular weight is 418 g/mol. The van der Waals surface area contributed by atoms with Crippen molar-refractivity contribution in [2.24, 2.45) is 0 Å². The van der Waals surface area contributed by atoms with Gasteiger partial charge in [0.2, 0.25) is 0 Å². The van der Waals surface area contributed by atoms with Gasteiger partial charge in [0.1, 0.15) is 0 Å². The van der Waals surface area contributed by atoms with E-state index in [2.05, 4.69) is 3.63 Å². The second kappa shape index (κ2) is 8.68. The Kier molecular flexibility index (Phi) is 8.56. The van der Waals surface area contributed by atoms with E-state index >= 15 is 0 Å². The molecular formula is C8H18O11S4. The van der Waals surface area contributed by atoms with Crippen molar-refractivity contribution in [3.63, 3.8) is 0 Å². The first-order chi connectivity index (χ1) is 10.1. The van der Waals surface area contributed by atoms with E-state index in [9.17, 15) is 33.7 Å². The van der Waals surface area contributed by atoms with Crippen LogP contribution in [0.1, 0.15) is 25.7 Å². The van der Waals surface area contributed by atoms with E-state index in [4.69, 9.17) is 9.11 Å². The lowest BCUT2D eigenvalue weighted by Crippen LogP contribution is -2.20. The zero-order valence-electron chi connectivity index (χ0n) is 11.9. The van der Waals surface area contributed by atoms with E-state index in [0.29, 0.717) is 0 Å². The Labute approximate surface area is 135 Å². The molecule has 0 fully saturated rings. The molecule has 0 aliphatic rings. The van der Waals surface area contributed by atoms with Gasteiger partial charge in [0.15, 0.2) is 0 Å². The number of hydrogen-bond acceptors (Lipinski definition) is 9. The molecule has 0 rings (SSSR count). The Morgan fingerprint density at radius 2 is 0.783 bits per heavy atom. The molecule has 0 aromatic rings. The van der Waals surface area contributed by atoms with Gasteiger partial charge in [-0.15, -0.1) is 3.63 Å². The maximum Gasteiger partial charge on any atom is 0.281 e. The first kappa shape index (κ1) is 22.7. The summed E-state index contributed by atoms with van der Waals surface area (Å²) in [5.74, 6) is -2.84. The van der Waals surface area contributed by atoms with Gasteiger partial charge in [0, 0.05) is 0 Å². The highest BCUT2D eigenvalue weighted by Crippen LogP contribution is 2.08. The SMILES string of the molecule is O=S(=O)(O)CCCCS(=O)(=O)OS(=O)(=O)CCCCS(=O)(=O)O. The fourth-order valence-electron chi connectivity index (χ4n) is 1.35. The molecule has 0 bridgehead atoms. The van der Waals surface area contributed by atoms with E-state index in [0.717, 1.165) is 0 Å². The van der Waals surface area contributed by atoms with Crippen LogP contribution in [0.2, 0.25) is 0 Å². The molecule has 0 heterocycles. The summed E-state index contributed by atoms with van der Waals surface area (Å²) in [6, 6.07) is 0. The largest absolute Gasteiger partial charge is 0.286 e. The summed E-state index contributed by atoms with van der Waals surface area (Å²) in [6.45, 7) is 0. The fourth-order valence-corrected chi connectivity index (χ4v) is 5.41. The predicted octanol–water partition coefficient (Wildman–Crippen LogP) is -1.00. The van der Waals surface area contributed by atoms with E-state index < -0.39 is 63.5 Å². The smallest absolute Gasteiger partial charge is 0.281 e. The minimum absolute atomic E-state index is 0.199. The van der Waals surface area contributed by atoms with Crippen LogP contribution in [0.25, 0.3) is 0 Å². The van der Waals surface area contributed by atoms with Crippen LogP contribution in [0.5, 0.6) is 0 Å². The highest BCUT2D eigenvalue weighted by Gasteiger charge is 2.22. The third kappa shape index (κ3) is 15.0. The summed E-state index contributed by atoms with van der Waals surface area (Å²) < 4.78 is 108. The molecule has 11 nitrogen and oxygen atoms in total. The van der Waals surface area contributed by atoms with Crippen molar-refractivity contribution < 1.29 is 46.4 Å². The van der Waals surface area contributed by atoms with Crippen molar-refractivity contribution in [1.29, 1.82) is 0 Å². The predicted molar refractivity (Wildman–Crippen MR) is 80.0 cm³/mol. The summed E-state index contributed by atoms with van der Waals surface area (Å²) in [4.78, 5) is 0. The Morgan fingerprint density at radius 1 is 0.522 bits per heavy atom. The Bertz CT molecular complexity index is 705. The van der Waals surface area contributed by atoms with Gasteiger partial charge in [0.05, 0.1) is 23.0 Å². The molecule has 0 aliphatic carbocycles. The van der Waals surface area contributed by atoms with Gasteiger partial charge in [-0.05, 0) is 25.7 Å². The van der Waals surface area contributed by atoms with Crippen LogP contribution in [0.4, 0.5) is 0 Å². The van der Waals surface area contributed by atoms with Gasteiger partial charge in [-0.2, -0.15) is 33.7 Å². The monoisotopic (exact) mass is 418 g/mol. The molecule has 15 heteroatoms. The second-order valence-corrected chi connectivity index (χ2v) is 11.3. The summed E-state index contributed by atoms with van der Waals surface area (Å²) in [5.41, 5.74) is 0. The van der Waals surface area contributed by atoms with Crippen molar-refractivity contribution in [1.82, 2.24) is 0 Å². The normalized spacial score (nSPS) is 14.0. The number of rotatable bonds is 12. The molecule has 0 saturated heterocycles. The Hall–Kier alpha value is -0.320. The molecule has 2 N–H and O–H groups in total. The van der Waals surface area contributed by atoms with Gasteiger partial charge >= 0.3 is 0 Å². The van der Waals surface area contributed by atoms with Crippen LogP contribution in [0.3, 0.4) is 0 Å². The lowest BCUT2D eigenvalue weighted by Gasteiger charge is -2.06. The van der Waals surface area contributed by atoms with Gasteiger partial charge in [0.25, 0.3) is 40.5 Å². The molecule has 23 heavy (non-hydrogen) atoms. The third-order valence-electron chi connectivity index (χ3n) is 2.30. The van der Waals surface area contributed by atoms with Crippen LogP contribution >= 0.6 is 0 Å². The highest BCUT2D eigenvalue weighted by molar-refractivity contribution is 7.99. The van der Waals surface area contributed by atoms with Crippen LogP contribution in [-0.4, -0.2) is 65.8 Å². The zero-order chi connectivity index (χ0) is 18.4. The van der Waals surface area contributed by atoms with Crippen LogP contribution in [0, 0.1) is 0 Å². The van der Waals surface area contributed by atoms with Gasteiger partial charge in [-0.1, -0.05) is 0 Å². The maximum atomic E-state index is 11.4. The number of hydrogen-bond donors (Lipinski definition) is 2. The molecule has 0 aromatic carbocycles. The second-order valence-electron chi connectivity index (χ2n) is 4.58. The Morgan fingerprint density at radius 3 is 1.04 bits per heavy atom. The van der Waals surface area contributed by atoms with E-state index in [1.807, 2.05) is 0 Å². The summed E-state index contributed by atoms with van der Waals surface area (Å²) in [7, 11) is -17.4. The summed E-state index contributed by atoms with van der Waals surface area (Å²) >= 11 is 0. The summed E-state index contributed by atoms with van der Waals surface area (Å²) in [6.07, 6.45) is -0.869. The van der Waals surface area contributed by atoms with E-state index in [-0.39, 0.29) is 25.7 Å². The molecule has 140 valence electrons. The minimum Gasteiger partial charge on any atom is -0.286 e. The quantitative estimate of drug-likeness (QED) is 0.292. The minimum atomic E-state index is -4.45. The van der Waals surface area contributed by atoms with Crippen molar-refractivity contribution in [2.45, 2.75) is 25.7 Å². The van der Waals surface area contributed by atoms with E-state index in [1.165, 1.54) is 0 Å². The first-order valence-corrected chi connectivity index (χ1v) is 12.6. The molecule has 0 unspecified atom stereocenters. The molecule has 0 amide bonds. The molecule has 0 saturated carbocycles. The Balaban J connectivity index is 4.30. The maximum absolute atomic E-state index is 11.4. The lowest BCUT2D eigenvalue weighted by atomic mass is 10.4. The molecule has 0 atom stereocenters. The summed E-state index contributed by atoms with van der Waals surface area (Å²) in [5, 5.41) is 0. The lowest BCUT2D eigenvalue weighted by molar-refractivity contribution is 0.455. The van der Waals surface area contributed by atoms with Crippen LogP contribution < -0.4 is 0 Å². The van der Waals surface area contributed by atoms with Crippen molar-refractivity contribution in [3.8, 4) is 0 Å². The molecule has 0 aliphatic heterocycles. The topological polar surface area (TPSA) is 186 Å². The first-order valence-electron chi connectivity index (χ1n) is 6.19. The average Bonchev–Trinajstić information content (AvgIpc) is 2.27. The van der Waals surface area contributed by atoms with Gasteiger partial charge in [-0.3, -0.25) is 9.11 Å². The molecule has 0 spiro atoms. The molecule has 0 radical (unpaired) electrons. The fraction of sp³-hybridized carbons (Fsp3) is 1.00. The van der Waals surface area contributed by atoms with Gasteiger partial charge < -0.3 is 0 Å².